The molecule has 11 heavy (non-hydrogen) atoms. The minimum atomic E-state index is -0.902. The lowest BCUT2D eigenvalue weighted by atomic mass is 10.4. The Hall–Kier alpha value is -0.620. The molecule has 0 aromatic rings. The van der Waals surface area contributed by atoms with Gasteiger partial charge in [0.2, 0.25) is 0 Å². The molecule has 0 aliphatic carbocycles. The molecule has 5 nitrogen and oxygen atoms in total. The molecule has 0 aliphatic rings. The van der Waals surface area contributed by atoms with Crippen molar-refractivity contribution in [1.82, 2.24) is 5.32 Å². The standard InChI is InChI=1S/C5H10N2O3S/c1-4(11-7-10)2-6-3-5(8)9/h4,6H,2-3H2,1H3,(H,8,9). The second-order valence-corrected chi connectivity index (χ2v) is 3.18. The Morgan fingerprint density at radius 1 is 1.82 bits per heavy atom. The first-order valence-electron chi connectivity index (χ1n) is 3.07. The maximum Gasteiger partial charge on any atom is 0.317 e. The van der Waals surface area contributed by atoms with E-state index in [-0.39, 0.29) is 11.8 Å². The van der Waals surface area contributed by atoms with Gasteiger partial charge in [0.1, 0.15) is 0 Å². The molecule has 0 radical (unpaired) electrons. The largest absolute Gasteiger partial charge is 0.480 e. The van der Waals surface area contributed by atoms with Gasteiger partial charge in [0.05, 0.1) is 6.54 Å². The van der Waals surface area contributed by atoms with Gasteiger partial charge in [-0.15, -0.1) is 4.91 Å². The van der Waals surface area contributed by atoms with Crippen LogP contribution in [-0.2, 0) is 4.79 Å². The molecule has 0 bridgehead atoms. The molecule has 0 fully saturated rings. The van der Waals surface area contributed by atoms with Crippen LogP contribution in [0, 0.1) is 4.91 Å². The minimum Gasteiger partial charge on any atom is -0.480 e. The molecule has 64 valence electrons. The summed E-state index contributed by atoms with van der Waals surface area (Å²) in [5, 5.41) is 10.9. The number of carboxylic acid groups (broad SMARTS) is 1. The zero-order chi connectivity index (χ0) is 8.69. The highest BCUT2D eigenvalue weighted by atomic mass is 32.2. The van der Waals surface area contributed by atoms with Crippen molar-refractivity contribution in [2.45, 2.75) is 12.2 Å². The van der Waals surface area contributed by atoms with Crippen molar-refractivity contribution >= 4 is 17.9 Å². The molecule has 1 atom stereocenters. The number of nitrogens with zero attached hydrogens (tertiary/aromatic N) is 1. The van der Waals surface area contributed by atoms with E-state index in [1.807, 2.05) is 0 Å². The maximum atomic E-state index is 9.98. The first-order chi connectivity index (χ1) is 5.16. The molecular formula is C5H10N2O3S. The molecule has 0 saturated heterocycles. The number of hydrogen-bond donors (Lipinski definition) is 2. The quantitative estimate of drug-likeness (QED) is 0.456. The van der Waals surface area contributed by atoms with Crippen LogP contribution in [0.15, 0.2) is 4.58 Å². The molecule has 0 aromatic carbocycles. The van der Waals surface area contributed by atoms with Gasteiger partial charge in [0.25, 0.3) is 0 Å². The number of rotatable bonds is 6. The Balaban J connectivity index is 3.23. The number of nitrogens with one attached hydrogen (secondary N) is 1. The van der Waals surface area contributed by atoms with Gasteiger partial charge in [-0.25, -0.2) is 0 Å². The van der Waals surface area contributed by atoms with Crippen LogP contribution in [0.1, 0.15) is 6.92 Å². The van der Waals surface area contributed by atoms with Crippen LogP contribution in [0.2, 0.25) is 0 Å². The third kappa shape index (κ3) is 7.27. The first-order valence-corrected chi connectivity index (χ1v) is 3.91. The van der Waals surface area contributed by atoms with Crippen LogP contribution in [0.25, 0.3) is 0 Å². The first kappa shape index (κ1) is 10.4. The second-order valence-electron chi connectivity index (χ2n) is 2.02. The van der Waals surface area contributed by atoms with Gasteiger partial charge < -0.3 is 10.4 Å². The molecular weight excluding hydrogens is 168 g/mol. The predicted molar refractivity (Wildman–Crippen MR) is 43.4 cm³/mol. The van der Waals surface area contributed by atoms with Crippen molar-refractivity contribution in [2.24, 2.45) is 4.58 Å². The molecule has 0 heterocycles. The van der Waals surface area contributed by atoms with E-state index in [2.05, 4.69) is 9.90 Å². The molecule has 1 unspecified atom stereocenters. The SMILES string of the molecule is CC(CNCC(=O)O)SN=O. The van der Waals surface area contributed by atoms with Crippen molar-refractivity contribution < 1.29 is 9.90 Å². The van der Waals surface area contributed by atoms with Crippen molar-refractivity contribution in [3.8, 4) is 0 Å². The van der Waals surface area contributed by atoms with Crippen LogP contribution < -0.4 is 5.32 Å². The van der Waals surface area contributed by atoms with Crippen LogP contribution in [-0.4, -0.2) is 29.4 Å². The lowest BCUT2D eigenvalue weighted by molar-refractivity contribution is -0.135. The van der Waals surface area contributed by atoms with Crippen molar-refractivity contribution in [2.75, 3.05) is 13.1 Å². The maximum absolute atomic E-state index is 9.98. The number of carboxylic acids is 1. The van der Waals surface area contributed by atoms with Crippen LogP contribution in [0.5, 0.6) is 0 Å². The normalized spacial score (nSPS) is 12.5. The Kier molecular flexibility index (Phi) is 5.77. The molecule has 0 amide bonds. The molecule has 0 aromatic heterocycles. The lowest BCUT2D eigenvalue weighted by Gasteiger charge is -2.04. The van der Waals surface area contributed by atoms with Gasteiger partial charge in [0.15, 0.2) is 0 Å². The molecule has 0 aliphatic heterocycles. The number of hydrogen-bond acceptors (Lipinski definition) is 5. The molecule has 6 heteroatoms. The summed E-state index contributed by atoms with van der Waals surface area (Å²) < 4.78 is 2.61. The number of nitroso groups, excluding NO2 is 1. The summed E-state index contributed by atoms with van der Waals surface area (Å²) in [5.74, 6) is -0.902. The fourth-order valence-electron chi connectivity index (χ4n) is 0.493. The third-order valence-corrected chi connectivity index (χ3v) is 1.54. The Bertz CT molecular complexity index is 142. The topological polar surface area (TPSA) is 78.8 Å². The van der Waals surface area contributed by atoms with Crippen LogP contribution >= 0.6 is 11.9 Å². The highest BCUT2D eigenvalue weighted by Gasteiger charge is 2.02. The Labute approximate surface area is 68.7 Å². The lowest BCUT2D eigenvalue weighted by Crippen LogP contribution is -2.28. The Morgan fingerprint density at radius 2 is 2.45 bits per heavy atom. The summed E-state index contributed by atoms with van der Waals surface area (Å²) >= 11 is 0.897. The average Bonchev–Trinajstić information content (AvgIpc) is 1.87. The fourth-order valence-corrected chi connectivity index (χ4v) is 0.832. The van der Waals surface area contributed by atoms with Crippen molar-refractivity contribution in [3.05, 3.63) is 4.91 Å². The highest BCUT2D eigenvalue weighted by molar-refractivity contribution is 7.98. The van der Waals surface area contributed by atoms with Crippen molar-refractivity contribution in [1.29, 1.82) is 0 Å². The van der Waals surface area contributed by atoms with Gasteiger partial charge in [-0.3, -0.25) is 4.79 Å². The van der Waals surface area contributed by atoms with Crippen molar-refractivity contribution in [3.63, 3.8) is 0 Å². The van der Waals surface area contributed by atoms with Crippen LogP contribution in [0.4, 0.5) is 0 Å². The molecule has 0 rings (SSSR count). The van der Waals surface area contributed by atoms with Gasteiger partial charge in [0, 0.05) is 28.3 Å². The van der Waals surface area contributed by atoms with Crippen LogP contribution in [0.3, 0.4) is 0 Å². The average molecular weight is 178 g/mol. The highest BCUT2D eigenvalue weighted by Crippen LogP contribution is 2.08. The summed E-state index contributed by atoms with van der Waals surface area (Å²) in [6.07, 6.45) is 0. The van der Waals surface area contributed by atoms with E-state index in [1.165, 1.54) is 0 Å². The van der Waals surface area contributed by atoms with Gasteiger partial charge in [-0.1, -0.05) is 6.92 Å². The predicted octanol–water partition coefficient (Wildman–Crippen LogP) is 0.464. The van der Waals surface area contributed by atoms with E-state index < -0.39 is 5.97 Å². The van der Waals surface area contributed by atoms with E-state index in [0.717, 1.165) is 11.9 Å². The van der Waals surface area contributed by atoms with E-state index in [1.54, 1.807) is 6.92 Å². The third-order valence-electron chi connectivity index (χ3n) is 0.931. The van der Waals surface area contributed by atoms with Gasteiger partial charge in [-0.05, 0) is 0 Å². The molecule has 0 spiro atoms. The summed E-state index contributed by atoms with van der Waals surface area (Å²) in [6.45, 7) is 2.19. The summed E-state index contributed by atoms with van der Waals surface area (Å²) in [5.41, 5.74) is 0. The van der Waals surface area contributed by atoms with E-state index >= 15 is 0 Å². The van der Waals surface area contributed by atoms with E-state index in [9.17, 15) is 9.70 Å². The zero-order valence-electron chi connectivity index (χ0n) is 6.11. The monoisotopic (exact) mass is 178 g/mol. The molecule has 2 N–H and O–H groups in total. The summed E-state index contributed by atoms with van der Waals surface area (Å²) in [7, 11) is 0. The fraction of sp³-hybridized carbons (Fsp3) is 0.800. The summed E-state index contributed by atoms with van der Waals surface area (Å²) in [4.78, 5) is 19.7. The van der Waals surface area contributed by atoms with E-state index in [0.29, 0.717) is 6.54 Å². The zero-order valence-corrected chi connectivity index (χ0v) is 6.93. The van der Waals surface area contributed by atoms with E-state index in [4.69, 9.17) is 5.11 Å². The smallest absolute Gasteiger partial charge is 0.317 e. The Morgan fingerprint density at radius 3 is 2.91 bits per heavy atom. The summed E-state index contributed by atoms with van der Waals surface area (Å²) in [6, 6.07) is 0. The van der Waals surface area contributed by atoms with Gasteiger partial charge >= 0.3 is 5.97 Å². The van der Waals surface area contributed by atoms with Gasteiger partial charge in [-0.2, -0.15) is 0 Å². The number of carbonyl (C=O) groups is 1. The minimum absolute atomic E-state index is 0.0202. The molecule has 0 saturated carbocycles. The second kappa shape index (κ2) is 6.11. The number of aliphatic carboxylic acids is 1.